The molecule has 23 heavy (non-hydrogen) atoms. The van der Waals surface area contributed by atoms with Crippen molar-refractivity contribution in [2.24, 2.45) is 0 Å². The van der Waals surface area contributed by atoms with Gasteiger partial charge >= 0.3 is 5.69 Å². The van der Waals surface area contributed by atoms with Gasteiger partial charge in [0.15, 0.2) is 0 Å². The molecule has 0 bridgehead atoms. The molecule has 0 aliphatic heterocycles. The van der Waals surface area contributed by atoms with Gasteiger partial charge in [0, 0.05) is 17.1 Å². The fourth-order valence-electron chi connectivity index (χ4n) is 2.68. The van der Waals surface area contributed by atoms with Crippen LogP contribution in [0.1, 0.15) is 5.56 Å². The Morgan fingerprint density at radius 3 is 2.91 bits per heavy atom. The SMILES string of the molecule is O=c1[nH]c2cnc3[nH]ccc3c2n1Cc1c(F)ccc(Cl)c1F. The first-order valence-electron chi connectivity index (χ1n) is 6.73. The van der Waals surface area contributed by atoms with Crippen molar-refractivity contribution >= 4 is 33.7 Å². The minimum atomic E-state index is -0.868. The maximum Gasteiger partial charge on any atom is 0.326 e. The standard InChI is InChI=1S/C15H9ClF2N4O/c16-9-1-2-10(17)8(12(9)18)6-22-13-7-3-4-19-14(7)20-5-11(13)21-15(22)23/h1-5H,6H2,(H,19,20)(H,21,23). The van der Waals surface area contributed by atoms with Crippen LogP contribution < -0.4 is 5.69 Å². The molecule has 0 atom stereocenters. The van der Waals surface area contributed by atoms with Crippen LogP contribution in [-0.2, 0) is 6.54 Å². The maximum atomic E-state index is 14.1. The van der Waals surface area contributed by atoms with Gasteiger partial charge in [-0.2, -0.15) is 0 Å². The number of fused-ring (bicyclic) bond motifs is 3. The van der Waals surface area contributed by atoms with E-state index >= 15 is 0 Å². The van der Waals surface area contributed by atoms with Crippen LogP contribution in [0.15, 0.2) is 35.4 Å². The van der Waals surface area contributed by atoms with Gasteiger partial charge in [0.1, 0.15) is 17.3 Å². The minimum Gasteiger partial charge on any atom is -0.346 e. The lowest BCUT2D eigenvalue weighted by atomic mass is 10.2. The van der Waals surface area contributed by atoms with Crippen molar-refractivity contribution in [2.45, 2.75) is 6.54 Å². The molecule has 4 aromatic rings. The lowest BCUT2D eigenvalue weighted by Crippen LogP contribution is -2.19. The van der Waals surface area contributed by atoms with Gasteiger partial charge in [0.25, 0.3) is 0 Å². The number of benzene rings is 1. The van der Waals surface area contributed by atoms with Crippen LogP contribution in [-0.4, -0.2) is 19.5 Å². The van der Waals surface area contributed by atoms with Crippen molar-refractivity contribution in [3.8, 4) is 0 Å². The molecule has 0 radical (unpaired) electrons. The van der Waals surface area contributed by atoms with E-state index in [4.69, 9.17) is 11.6 Å². The second kappa shape index (κ2) is 4.92. The van der Waals surface area contributed by atoms with Crippen LogP contribution in [0.3, 0.4) is 0 Å². The molecular weight excluding hydrogens is 326 g/mol. The fraction of sp³-hybridized carbons (Fsp3) is 0.0667. The Morgan fingerprint density at radius 2 is 2.09 bits per heavy atom. The van der Waals surface area contributed by atoms with E-state index in [1.807, 2.05) is 0 Å². The number of H-pyrrole nitrogens is 2. The first-order valence-corrected chi connectivity index (χ1v) is 7.11. The number of aromatic nitrogens is 4. The second-order valence-electron chi connectivity index (χ2n) is 5.10. The van der Waals surface area contributed by atoms with Gasteiger partial charge in [-0.3, -0.25) is 4.57 Å². The number of hydrogen-bond donors (Lipinski definition) is 2. The van der Waals surface area contributed by atoms with Gasteiger partial charge in [-0.15, -0.1) is 0 Å². The fourth-order valence-corrected chi connectivity index (χ4v) is 2.86. The van der Waals surface area contributed by atoms with E-state index in [1.165, 1.54) is 10.8 Å². The van der Waals surface area contributed by atoms with Crippen LogP contribution in [0, 0.1) is 11.6 Å². The Hall–Kier alpha value is -2.67. The quantitative estimate of drug-likeness (QED) is 0.553. The van der Waals surface area contributed by atoms with E-state index in [0.717, 1.165) is 12.1 Å². The Bertz CT molecular complexity index is 1110. The zero-order chi connectivity index (χ0) is 16.1. The molecule has 0 saturated carbocycles. The molecule has 116 valence electrons. The van der Waals surface area contributed by atoms with E-state index in [0.29, 0.717) is 22.1 Å². The van der Waals surface area contributed by atoms with Gasteiger partial charge in [0.05, 0.1) is 28.8 Å². The highest BCUT2D eigenvalue weighted by molar-refractivity contribution is 6.30. The molecule has 0 amide bonds. The average Bonchev–Trinajstić information content (AvgIpc) is 3.11. The largest absolute Gasteiger partial charge is 0.346 e. The highest BCUT2D eigenvalue weighted by atomic mass is 35.5. The molecule has 0 aliphatic carbocycles. The van der Waals surface area contributed by atoms with Gasteiger partial charge in [-0.25, -0.2) is 18.6 Å². The predicted molar refractivity (Wildman–Crippen MR) is 82.7 cm³/mol. The van der Waals surface area contributed by atoms with Gasteiger partial charge in [-0.05, 0) is 18.2 Å². The average molecular weight is 335 g/mol. The van der Waals surface area contributed by atoms with Crippen molar-refractivity contribution in [3.05, 3.63) is 63.3 Å². The van der Waals surface area contributed by atoms with E-state index in [9.17, 15) is 13.6 Å². The van der Waals surface area contributed by atoms with Crippen LogP contribution in [0.4, 0.5) is 8.78 Å². The predicted octanol–water partition coefficient (Wildman–Crippen LogP) is 3.19. The van der Waals surface area contributed by atoms with Crippen molar-refractivity contribution in [1.82, 2.24) is 19.5 Å². The molecule has 8 heteroatoms. The number of halogens is 3. The third-order valence-electron chi connectivity index (χ3n) is 3.77. The van der Waals surface area contributed by atoms with E-state index < -0.39 is 17.3 Å². The zero-order valence-electron chi connectivity index (χ0n) is 11.5. The van der Waals surface area contributed by atoms with Crippen molar-refractivity contribution < 1.29 is 8.78 Å². The molecule has 0 saturated heterocycles. The van der Waals surface area contributed by atoms with Crippen molar-refractivity contribution in [2.75, 3.05) is 0 Å². The molecule has 0 fully saturated rings. The molecule has 2 N–H and O–H groups in total. The maximum absolute atomic E-state index is 14.1. The Balaban J connectivity index is 2.00. The van der Waals surface area contributed by atoms with Crippen molar-refractivity contribution in [1.29, 1.82) is 0 Å². The van der Waals surface area contributed by atoms with Gasteiger partial charge < -0.3 is 9.97 Å². The summed E-state index contributed by atoms with van der Waals surface area (Å²) in [6.07, 6.45) is 3.18. The normalized spacial score (nSPS) is 11.6. The number of imidazole rings is 1. The van der Waals surface area contributed by atoms with Crippen LogP contribution in [0.5, 0.6) is 0 Å². The second-order valence-corrected chi connectivity index (χ2v) is 5.51. The lowest BCUT2D eigenvalue weighted by molar-refractivity contribution is 0.545. The number of nitrogens with one attached hydrogen (secondary N) is 2. The first kappa shape index (κ1) is 14.0. The number of rotatable bonds is 2. The van der Waals surface area contributed by atoms with Gasteiger partial charge in [-0.1, -0.05) is 11.6 Å². The molecule has 0 unspecified atom stereocenters. The summed E-state index contributed by atoms with van der Waals surface area (Å²) in [4.78, 5) is 21.9. The van der Waals surface area contributed by atoms with E-state index in [1.54, 1.807) is 12.3 Å². The summed E-state index contributed by atoms with van der Waals surface area (Å²) >= 11 is 5.71. The first-order chi connectivity index (χ1) is 11.1. The summed E-state index contributed by atoms with van der Waals surface area (Å²) in [7, 11) is 0. The minimum absolute atomic E-state index is 0.192. The Morgan fingerprint density at radius 1 is 1.26 bits per heavy atom. The number of pyridine rings is 1. The smallest absolute Gasteiger partial charge is 0.326 e. The van der Waals surface area contributed by atoms with Crippen molar-refractivity contribution in [3.63, 3.8) is 0 Å². The lowest BCUT2D eigenvalue weighted by Gasteiger charge is -2.08. The van der Waals surface area contributed by atoms with Gasteiger partial charge in [0.2, 0.25) is 0 Å². The van der Waals surface area contributed by atoms with E-state index in [2.05, 4.69) is 15.0 Å². The summed E-state index contributed by atoms with van der Waals surface area (Å²) in [6, 6.07) is 3.97. The van der Waals surface area contributed by atoms with Crippen LogP contribution in [0.25, 0.3) is 22.1 Å². The Labute approximate surface area is 132 Å². The molecule has 0 aliphatic rings. The molecule has 4 rings (SSSR count). The summed E-state index contributed by atoms with van der Waals surface area (Å²) in [5.74, 6) is -1.63. The summed E-state index contributed by atoms with van der Waals surface area (Å²) in [5.41, 5.74) is 0.859. The highest BCUT2D eigenvalue weighted by Gasteiger charge is 2.17. The van der Waals surface area contributed by atoms with E-state index in [-0.39, 0.29) is 17.1 Å². The summed E-state index contributed by atoms with van der Waals surface area (Å²) in [5, 5.41) is 0.492. The van der Waals surface area contributed by atoms with Crippen LogP contribution >= 0.6 is 11.6 Å². The third kappa shape index (κ3) is 2.04. The molecule has 5 nitrogen and oxygen atoms in total. The number of hydrogen-bond acceptors (Lipinski definition) is 2. The monoisotopic (exact) mass is 334 g/mol. The molecule has 0 spiro atoms. The number of nitrogens with zero attached hydrogens (tertiary/aromatic N) is 2. The topological polar surface area (TPSA) is 66.5 Å². The summed E-state index contributed by atoms with van der Waals surface area (Å²) < 4.78 is 29.4. The van der Waals surface area contributed by atoms with Crippen LogP contribution in [0.2, 0.25) is 5.02 Å². The molecule has 1 aromatic carbocycles. The Kier molecular flexibility index (Phi) is 2.99. The zero-order valence-corrected chi connectivity index (χ0v) is 12.3. The molecule has 3 aromatic heterocycles. The molecular formula is C15H9ClF2N4O. The third-order valence-corrected chi connectivity index (χ3v) is 4.06. The highest BCUT2D eigenvalue weighted by Crippen LogP contribution is 2.25. The molecule has 3 heterocycles. The summed E-state index contributed by atoms with van der Waals surface area (Å²) in [6.45, 7) is -0.276. The number of aromatic amines is 2.